The van der Waals surface area contributed by atoms with Crippen LogP contribution in [-0.4, -0.2) is 12.6 Å². The van der Waals surface area contributed by atoms with Crippen molar-refractivity contribution in [2.75, 3.05) is 6.61 Å². The van der Waals surface area contributed by atoms with Crippen LogP contribution in [0.4, 0.5) is 0 Å². The van der Waals surface area contributed by atoms with Gasteiger partial charge in [0, 0.05) is 6.08 Å². The third kappa shape index (κ3) is 8.86. The Labute approximate surface area is 80.3 Å². The predicted molar refractivity (Wildman–Crippen MR) is 54.4 cm³/mol. The van der Waals surface area contributed by atoms with Crippen molar-refractivity contribution in [1.29, 1.82) is 0 Å². The molecule has 0 unspecified atom stereocenters. The summed E-state index contributed by atoms with van der Waals surface area (Å²) in [7, 11) is 0. The molecule has 0 heterocycles. The summed E-state index contributed by atoms with van der Waals surface area (Å²) < 4.78 is 4.81. The van der Waals surface area contributed by atoms with Crippen molar-refractivity contribution >= 4 is 5.97 Å². The normalized spacial score (nSPS) is 10.7. The Bertz CT molecular complexity index is 181. The number of carbonyl (C=O) groups is 1. The van der Waals surface area contributed by atoms with Crippen LogP contribution >= 0.6 is 0 Å². The van der Waals surface area contributed by atoms with Crippen molar-refractivity contribution in [3.8, 4) is 0 Å². The van der Waals surface area contributed by atoms with Crippen molar-refractivity contribution in [2.24, 2.45) is 5.92 Å². The van der Waals surface area contributed by atoms with E-state index in [-0.39, 0.29) is 5.97 Å². The second-order valence-electron chi connectivity index (χ2n) is 3.19. The fourth-order valence-corrected chi connectivity index (χ4v) is 0.801. The van der Waals surface area contributed by atoms with Crippen LogP contribution in [0.15, 0.2) is 24.8 Å². The van der Waals surface area contributed by atoms with Gasteiger partial charge in [-0.2, -0.15) is 0 Å². The first-order valence-electron chi connectivity index (χ1n) is 4.62. The quantitative estimate of drug-likeness (QED) is 0.273. The molecular weight excluding hydrogens is 164 g/mol. The van der Waals surface area contributed by atoms with Gasteiger partial charge in [-0.1, -0.05) is 32.6 Å². The van der Waals surface area contributed by atoms with E-state index in [9.17, 15) is 4.79 Å². The van der Waals surface area contributed by atoms with Crippen LogP contribution in [0.25, 0.3) is 0 Å². The SMILES string of the molecule is C=CC(=O)OCCCC=CC(C)C. The summed E-state index contributed by atoms with van der Waals surface area (Å²) >= 11 is 0. The van der Waals surface area contributed by atoms with E-state index in [1.165, 1.54) is 6.08 Å². The van der Waals surface area contributed by atoms with E-state index in [2.05, 4.69) is 32.6 Å². The van der Waals surface area contributed by atoms with Gasteiger partial charge in [0.05, 0.1) is 6.61 Å². The van der Waals surface area contributed by atoms with Crippen molar-refractivity contribution in [1.82, 2.24) is 0 Å². The zero-order valence-electron chi connectivity index (χ0n) is 8.45. The molecule has 2 nitrogen and oxygen atoms in total. The molecule has 0 N–H and O–H groups in total. The third-order valence-electron chi connectivity index (χ3n) is 1.45. The van der Waals surface area contributed by atoms with Gasteiger partial charge in [0.1, 0.15) is 0 Å². The molecule has 0 aliphatic rings. The Morgan fingerprint density at radius 3 is 2.77 bits per heavy atom. The molecule has 0 saturated carbocycles. The topological polar surface area (TPSA) is 26.3 Å². The van der Waals surface area contributed by atoms with E-state index in [1.54, 1.807) is 0 Å². The number of unbranched alkanes of at least 4 members (excludes halogenated alkanes) is 1. The predicted octanol–water partition coefficient (Wildman–Crippen LogP) is 2.71. The highest BCUT2D eigenvalue weighted by Crippen LogP contribution is 1.98. The maximum absolute atomic E-state index is 10.6. The number of hydrogen-bond donors (Lipinski definition) is 0. The number of hydrogen-bond acceptors (Lipinski definition) is 2. The fourth-order valence-electron chi connectivity index (χ4n) is 0.801. The molecule has 13 heavy (non-hydrogen) atoms. The number of rotatable bonds is 6. The Morgan fingerprint density at radius 1 is 1.54 bits per heavy atom. The molecule has 0 aromatic heterocycles. The van der Waals surface area contributed by atoms with Crippen LogP contribution in [0.2, 0.25) is 0 Å². The molecule has 0 radical (unpaired) electrons. The lowest BCUT2D eigenvalue weighted by Gasteiger charge is -1.99. The lowest BCUT2D eigenvalue weighted by atomic mass is 10.2. The van der Waals surface area contributed by atoms with Crippen molar-refractivity contribution in [3.63, 3.8) is 0 Å². The number of carbonyl (C=O) groups excluding carboxylic acids is 1. The lowest BCUT2D eigenvalue weighted by Crippen LogP contribution is -2.01. The van der Waals surface area contributed by atoms with E-state index in [1.807, 2.05) is 0 Å². The number of ether oxygens (including phenoxy) is 1. The Balaban J connectivity index is 3.26. The van der Waals surface area contributed by atoms with E-state index in [0.29, 0.717) is 12.5 Å². The summed E-state index contributed by atoms with van der Waals surface area (Å²) in [6.45, 7) is 8.06. The molecule has 0 saturated heterocycles. The average molecular weight is 182 g/mol. The molecule has 0 aromatic rings. The molecule has 0 amide bonds. The van der Waals surface area contributed by atoms with E-state index < -0.39 is 0 Å². The zero-order chi connectivity index (χ0) is 10.1. The molecule has 2 heteroatoms. The van der Waals surface area contributed by atoms with E-state index in [0.717, 1.165) is 12.8 Å². The van der Waals surface area contributed by atoms with Crippen LogP contribution in [0.5, 0.6) is 0 Å². The monoisotopic (exact) mass is 182 g/mol. The van der Waals surface area contributed by atoms with Gasteiger partial charge < -0.3 is 4.74 Å². The molecule has 0 aromatic carbocycles. The van der Waals surface area contributed by atoms with Crippen LogP contribution in [-0.2, 0) is 9.53 Å². The smallest absolute Gasteiger partial charge is 0.330 e. The molecule has 0 rings (SSSR count). The van der Waals surface area contributed by atoms with Crippen LogP contribution in [0.3, 0.4) is 0 Å². The summed E-state index contributed by atoms with van der Waals surface area (Å²) in [5, 5.41) is 0. The lowest BCUT2D eigenvalue weighted by molar-refractivity contribution is -0.137. The molecule has 74 valence electrons. The first kappa shape index (κ1) is 11.9. The minimum atomic E-state index is -0.340. The fraction of sp³-hybridized carbons (Fsp3) is 0.545. The van der Waals surface area contributed by atoms with Gasteiger partial charge in [-0.25, -0.2) is 4.79 Å². The maximum atomic E-state index is 10.6. The highest BCUT2D eigenvalue weighted by Gasteiger charge is 1.92. The highest BCUT2D eigenvalue weighted by molar-refractivity contribution is 5.81. The van der Waals surface area contributed by atoms with Gasteiger partial charge in [-0.05, 0) is 18.8 Å². The summed E-state index contributed by atoms with van der Waals surface area (Å²) in [6, 6.07) is 0. The Kier molecular flexibility index (Phi) is 6.98. The van der Waals surface area contributed by atoms with E-state index in [4.69, 9.17) is 4.74 Å². The number of allylic oxidation sites excluding steroid dienone is 2. The molecule has 0 atom stereocenters. The van der Waals surface area contributed by atoms with Gasteiger partial charge >= 0.3 is 5.97 Å². The van der Waals surface area contributed by atoms with Crippen molar-refractivity contribution in [3.05, 3.63) is 24.8 Å². The second-order valence-corrected chi connectivity index (χ2v) is 3.19. The van der Waals surface area contributed by atoms with Crippen LogP contribution in [0.1, 0.15) is 26.7 Å². The molecule has 0 bridgehead atoms. The Hall–Kier alpha value is -1.05. The number of esters is 1. The third-order valence-corrected chi connectivity index (χ3v) is 1.45. The summed E-state index contributed by atoms with van der Waals surface area (Å²) in [6.07, 6.45) is 7.29. The Morgan fingerprint density at radius 2 is 2.23 bits per heavy atom. The maximum Gasteiger partial charge on any atom is 0.330 e. The summed E-state index contributed by atoms with van der Waals surface area (Å²) in [5.41, 5.74) is 0. The highest BCUT2D eigenvalue weighted by atomic mass is 16.5. The van der Waals surface area contributed by atoms with E-state index >= 15 is 0 Å². The minimum Gasteiger partial charge on any atom is -0.463 e. The standard InChI is InChI=1S/C11H18O2/c1-4-11(12)13-9-7-5-6-8-10(2)3/h4,6,8,10H,1,5,7,9H2,2-3H3. The van der Waals surface area contributed by atoms with Gasteiger partial charge in [-0.15, -0.1) is 0 Å². The van der Waals surface area contributed by atoms with Crippen molar-refractivity contribution < 1.29 is 9.53 Å². The molecule has 0 spiro atoms. The van der Waals surface area contributed by atoms with Crippen LogP contribution in [0, 0.1) is 5.92 Å². The summed E-state index contributed by atoms with van der Waals surface area (Å²) in [5.74, 6) is 0.253. The molecular formula is C11H18O2. The van der Waals surface area contributed by atoms with Gasteiger partial charge in [-0.3, -0.25) is 0 Å². The van der Waals surface area contributed by atoms with Gasteiger partial charge in [0.25, 0.3) is 0 Å². The first-order valence-corrected chi connectivity index (χ1v) is 4.62. The van der Waals surface area contributed by atoms with Gasteiger partial charge in [0.2, 0.25) is 0 Å². The molecule has 0 aliphatic heterocycles. The average Bonchev–Trinajstić information content (AvgIpc) is 2.10. The molecule has 0 aliphatic carbocycles. The first-order chi connectivity index (χ1) is 6.16. The largest absolute Gasteiger partial charge is 0.463 e. The second kappa shape index (κ2) is 7.59. The van der Waals surface area contributed by atoms with Gasteiger partial charge in [0.15, 0.2) is 0 Å². The van der Waals surface area contributed by atoms with Crippen LogP contribution < -0.4 is 0 Å². The minimum absolute atomic E-state index is 0.340. The zero-order valence-corrected chi connectivity index (χ0v) is 8.45. The van der Waals surface area contributed by atoms with Crippen molar-refractivity contribution in [2.45, 2.75) is 26.7 Å². The molecule has 0 fully saturated rings. The summed E-state index contributed by atoms with van der Waals surface area (Å²) in [4.78, 5) is 10.6.